The summed E-state index contributed by atoms with van der Waals surface area (Å²) in [4.78, 5) is 13.9. The third-order valence-corrected chi connectivity index (χ3v) is 12.4. The highest BCUT2D eigenvalue weighted by Gasteiger charge is 2.71. The Kier molecular flexibility index (Phi) is 4.84. The minimum absolute atomic E-state index is 0.0126. The molecule has 9 atom stereocenters. The molecule has 0 aromatic carbocycles. The lowest BCUT2D eigenvalue weighted by Gasteiger charge is -2.66. The molecule has 6 heteroatoms. The molecule has 5 fully saturated rings. The fraction of sp³-hybridized carbons (Fsp3) is 0.815. The van der Waals surface area contributed by atoms with Gasteiger partial charge in [-0.15, -0.1) is 0 Å². The summed E-state index contributed by atoms with van der Waals surface area (Å²) in [5.74, 6) is 2.39. The average molecular weight is 515 g/mol. The Morgan fingerprint density at radius 1 is 1.18 bits per heavy atom. The van der Waals surface area contributed by atoms with E-state index in [2.05, 4.69) is 47.9 Å². The Bertz CT molecular complexity index is 1030. The molecule has 1 unspecified atom stereocenters. The van der Waals surface area contributed by atoms with Crippen molar-refractivity contribution in [1.29, 1.82) is 5.26 Å². The number of carbonyl (C=O) groups excluding carboxylic acids is 1. The van der Waals surface area contributed by atoms with E-state index in [0.717, 1.165) is 19.3 Å². The number of fused-ring (bicyclic) bond motifs is 5. The molecule has 3 aliphatic carbocycles. The zero-order chi connectivity index (χ0) is 23.2. The van der Waals surface area contributed by atoms with Crippen LogP contribution < -0.4 is 0 Å². The third-order valence-electron chi connectivity index (χ3n) is 11.3. The maximum Gasteiger partial charge on any atom is 0.157 e. The van der Waals surface area contributed by atoms with Crippen LogP contribution in [0, 0.1) is 45.8 Å². The first-order valence-electron chi connectivity index (χ1n) is 12.9. The monoisotopic (exact) mass is 513 g/mol. The van der Waals surface area contributed by atoms with Crippen LogP contribution in [0.15, 0.2) is 12.4 Å². The van der Waals surface area contributed by atoms with E-state index in [1.165, 1.54) is 38.5 Å². The van der Waals surface area contributed by atoms with Gasteiger partial charge in [-0.1, -0.05) is 29.8 Å². The molecule has 0 N–H and O–H groups in total. The summed E-state index contributed by atoms with van der Waals surface area (Å²) in [5.41, 5.74) is 0.888. The van der Waals surface area contributed by atoms with Crippen molar-refractivity contribution in [2.75, 3.05) is 0 Å². The minimum atomic E-state index is -0.0126. The number of aromatic nitrogens is 2. The van der Waals surface area contributed by atoms with Crippen LogP contribution in [0.1, 0.15) is 84.1 Å². The van der Waals surface area contributed by atoms with Crippen LogP contribution in [-0.2, 0) is 16.1 Å². The molecular weight excluding hydrogens is 478 g/mol. The van der Waals surface area contributed by atoms with E-state index in [4.69, 9.17) is 10.00 Å². The van der Waals surface area contributed by atoms with Crippen molar-refractivity contribution in [1.82, 2.24) is 9.78 Å². The van der Waals surface area contributed by atoms with Crippen molar-refractivity contribution >= 4 is 21.7 Å². The van der Waals surface area contributed by atoms with Gasteiger partial charge in [-0.2, -0.15) is 10.4 Å². The smallest absolute Gasteiger partial charge is 0.157 e. The molecule has 5 nitrogen and oxygen atoms in total. The highest BCUT2D eigenvalue weighted by molar-refractivity contribution is 9.09. The van der Waals surface area contributed by atoms with Crippen molar-refractivity contribution in [3.8, 4) is 6.07 Å². The van der Waals surface area contributed by atoms with Gasteiger partial charge in [0.05, 0.1) is 29.5 Å². The van der Waals surface area contributed by atoms with Gasteiger partial charge in [0.15, 0.2) is 5.78 Å². The van der Waals surface area contributed by atoms with E-state index in [1.54, 1.807) is 17.1 Å². The van der Waals surface area contributed by atoms with E-state index in [0.29, 0.717) is 33.9 Å². The van der Waals surface area contributed by atoms with Crippen LogP contribution in [0.4, 0.5) is 0 Å². The Morgan fingerprint density at radius 3 is 2.73 bits per heavy atom. The fourth-order valence-electron chi connectivity index (χ4n) is 9.53. The van der Waals surface area contributed by atoms with Crippen LogP contribution in [0.3, 0.4) is 0 Å². The van der Waals surface area contributed by atoms with Gasteiger partial charge < -0.3 is 4.74 Å². The molecule has 2 bridgehead atoms. The van der Waals surface area contributed by atoms with Gasteiger partial charge in [-0.05, 0) is 87.9 Å². The topological polar surface area (TPSA) is 67.9 Å². The number of rotatable bonds is 3. The van der Waals surface area contributed by atoms with Gasteiger partial charge in [-0.25, -0.2) is 0 Å². The zero-order valence-electron chi connectivity index (χ0n) is 20.1. The summed E-state index contributed by atoms with van der Waals surface area (Å²) in [6, 6.07) is 2.11. The number of nitrogens with zero attached hydrogens (tertiary/aromatic N) is 3. The van der Waals surface area contributed by atoms with Crippen molar-refractivity contribution in [3.63, 3.8) is 0 Å². The van der Waals surface area contributed by atoms with E-state index in [1.807, 2.05) is 0 Å². The van der Waals surface area contributed by atoms with Gasteiger partial charge >= 0.3 is 0 Å². The predicted octanol–water partition coefficient (Wildman–Crippen LogP) is 5.66. The molecule has 3 saturated carbocycles. The number of Topliss-reactive ketones (excluding diaryl/α,β-unsaturated/α-hetero) is 1. The van der Waals surface area contributed by atoms with Crippen molar-refractivity contribution in [2.45, 2.75) is 101 Å². The second kappa shape index (κ2) is 7.17. The molecule has 0 amide bonds. The van der Waals surface area contributed by atoms with Gasteiger partial charge in [0.25, 0.3) is 0 Å². The summed E-state index contributed by atoms with van der Waals surface area (Å²) in [5, 5.41) is 13.3. The molecule has 0 radical (unpaired) electrons. The number of halogens is 1. The average Bonchev–Trinajstić information content (AvgIpc) is 3.46. The molecule has 1 spiro atoms. The number of hydrogen-bond acceptors (Lipinski definition) is 4. The number of alkyl halides is 1. The first kappa shape index (κ1) is 22.3. The fourth-order valence-corrected chi connectivity index (χ4v) is 10.8. The molecule has 6 rings (SSSR count). The number of carbonyl (C=O) groups is 1. The molecular formula is C27H36BrN3O2. The summed E-state index contributed by atoms with van der Waals surface area (Å²) in [7, 11) is 0. The number of ether oxygens (including phenoxy) is 1. The summed E-state index contributed by atoms with van der Waals surface area (Å²) >= 11 is 4.18. The molecule has 5 aliphatic rings. The Balaban J connectivity index is 1.26. The summed E-state index contributed by atoms with van der Waals surface area (Å²) < 4.78 is 8.63. The van der Waals surface area contributed by atoms with Crippen LogP contribution in [0.2, 0.25) is 0 Å². The number of ketones is 1. The second-order valence-electron chi connectivity index (χ2n) is 12.6. The normalized spacial score (nSPS) is 50.2. The quantitative estimate of drug-likeness (QED) is 0.489. The number of nitriles is 1. The summed E-state index contributed by atoms with van der Waals surface area (Å²) in [6.45, 7) is 7.58. The number of hydrogen-bond donors (Lipinski definition) is 0. The zero-order valence-corrected chi connectivity index (χ0v) is 21.7. The van der Waals surface area contributed by atoms with Gasteiger partial charge in [-0.3, -0.25) is 9.48 Å². The molecule has 178 valence electrons. The Labute approximate surface area is 205 Å². The van der Waals surface area contributed by atoms with Gasteiger partial charge in [0.1, 0.15) is 6.07 Å². The predicted molar refractivity (Wildman–Crippen MR) is 129 cm³/mol. The highest BCUT2D eigenvalue weighted by atomic mass is 79.9. The van der Waals surface area contributed by atoms with Crippen LogP contribution >= 0.6 is 15.9 Å². The summed E-state index contributed by atoms with van der Waals surface area (Å²) in [6.07, 6.45) is 13.8. The molecule has 1 aromatic rings. The van der Waals surface area contributed by atoms with Crippen molar-refractivity contribution in [2.24, 2.45) is 34.5 Å². The van der Waals surface area contributed by atoms with Crippen LogP contribution in [0.25, 0.3) is 0 Å². The molecule has 1 aromatic heterocycles. The van der Waals surface area contributed by atoms with Gasteiger partial charge in [0, 0.05) is 22.4 Å². The minimum Gasteiger partial charge on any atom is -0.367 e. The van der Waals surface area contributed by atoms with Crippen molar-refractivity contribution < 1.29 is 9.53 Å². The van der Waals surface area contributed by atoms with E-state index >= 15 is 0 Å². The first-order valence-corrected chi connectivity index (χ1v) is 13.9. The lowest BCUT2D eigenvalue weighted by Crippen LogP contribution is -2.67. The van der Waals surface area contributed by atoms with Crippen LogP contribution in [0.5, 0.6) is 0 Å². The van der Waals surface area contributed by atoms with E-state index in [9.17, 15) is 4.79 Å². The first-order chi connectivity index (χ1) is 15.6. The standard InChI is InChI=1S/C27H36BrN3O2/c1-24-8-10-26(3)20-6-7-25(2)19(18(20)12-23(28)27(26,33-24)11-9-24)4-5-21(25)22(32)16-31-15-17(13-29)14-30-31/h14-15,18-21,23H,4-12,16H2,1-3H3/t18-,19-,20-,21+,23+,24?,25-,26+,27-/m0/s1. The third kappa shape index (κ3) is 2.91. The Morgan fingerprint density at radius 2 is 1.97 bits per heavy atom. The van der Waals surface area contributed by atoms with Crippen molar-refractivity contribution in [3.05, 3.63) is 18.0 Å². The molecule has 2 aliphatic heterocycles. The maximum atomic E-state index is 13.5. The maximum absolute atomic E-state index is 13.5. The lowest BCUT2D eigenvalue weighted by atomic mass is 9.44. The highest BCUT2D eigenvalue weighted by Crippen LogP contribution is 2.72. The van der Waals surface area contributed by atoms with E-state index in [-0.39, 0.29) is 34.5 Å². The SMILES string of the molecule is CC12CC[C@]3(O1)[C@H](Br)C[C@H]1[C@@H]4CC[C@H](C(=O)Cn5cc(C#N)cn5)[C@@]4(C)CC[C@@H]1[C@@]3(C)CC2. The molecule has 33 heavy (non-hydrogen) atoms. The molecule has 3 heterocycles. The largest absolute Gasteiger partial charge is 0.367 e. The molecule has 2 saturated heterocycles. The second-order valence-corrected chi connectivity index (χ2v) is 13.7. The lowest BCUT2D eigenvalue weighted by molar-refractivity contribution is -0.250. The Hall–Kier alpha value is -1.19. The van der Waals surface area contributed by atoms with E-state index < -0.39 is 0 Å². The van der Waals surface area contributed by atoms with Crippen LogP contribution in [-0.4, -0.2) is 31.6 Å². The van der Waals surface area contributed by atoms with Gasteiger partial charge in [0.2, 0.25) is 0 Å².